The lowest BCUT2D eigenvalue weighted by molar-refractivity contribution is -0.142. The molecule has 0 radical (unpaired) electrons. The zero-order valence-electron chi connectivity index (χ0n) is 16.5. The Kier molecular flexibility index (Phi) is 11.4. The highest BCUT2D eigenvalue weighted by Gasteiger charge is 2.22. The van der Waals surface area contributed by atoms with Gasteiger partial charge in [0.1, 0.15) is 25.3 Å². The molecule has 0 aromatic rings. The fraction of sp³-hybridized carbons (Fsp3) is 0.778. The third-order valence-electron chi connectivity index (χ3n) is 4.02. The van der Waals surface area contributed by atoms with Crippen molar-refractivity contribution in [2.45, 2.75) is 64.6 Å². The van der Waals surface area contributed by atoms with Crippen LogP contribution in [-0.4, -0.2) is 62.6 Å². The third-order valence-corrected chi connectivity index (χ3v) is 4.02. The minimum absolute atomic E-state index is 0.226. The van der Waals surface area contributed by atoms with Gasteiger partial charge in [-0.05, 0) is 52.4 Å². The molecule has 0 unspecified atom stereocenters. The first-order chi connectivity index (χ1) is 13.4. The number of alkyl carbamates (subject to hydrolysis) is 2. The molecular weight excluding hydrogens is 372 g/mol. The highest BCUT2D eigenvalue weighted by atomic mass is 16.6. The van der Waals surface area contributed by atoms with Crippen molar-refractivity contribution in [1.82, 2.24) is 10.6 Å². The standard InChI is InChI=1S/C18H30N2O8/c1-3-25-15(21)11-19-17(23)27-13-7-5-9-14(10-6-8-13)28-18(24)20-12-16(22)26-4-2/h13-14H,3-12H2,1-2H3,(H,19,23)(H,20,24)/t13-,14+. The summed E-state index contributed by atoms with van der Waals surface area (Å²) in [6.45, 7) is 3.43. The Morgan fingerprint density at radius 1 is 0.714 bits per heavy atom. The summed E-state index contributed by atoms with van der Waals surface area (Å²) >= 11 is 0. The largest absolute Gasteiger partial charge is 0.465 e. The monoisotopic (exact) mass is 402 g/mol. The number of ether oxygens (including phenoxy) is 4. The number of rotatable bonds is 8. The Morgan fingerprint density at radius 3 is 1.39 bits per heavy atom. The predicted molar refractivity (Wildman–Crippen MR) is 97.5 cm³/mol. The number of carbonyl (C=O) groups is 4. The van der Waals surface area contributed by atoms with E-state index in [2.05, 4.69) is 10.6 Å². The van der Waals surface area contributed by atoms with Crippen LogP contribution in [0.2, 0.25) is 0 Å². The second-order valence-electron chi connectivity index (χ2n) is 6.23. The summed E-state index contributed by atoms with van der Waals surface area (Å²) in [5.74, 6) is -1.03. The van der Waals surface area contributed by atoms with Crippen molar-refractivity contribution < 1.29 is 38.1 Å². The van der Waals surface area contributed by atoms with Crippen molar-refractivity contribution in [2.75, 3.05) is 26.3 Å². The Hall–Kier alpha value is -2.52. The Balaban J connectivity index is 2.24. The van der Waals surface area contributed by atoms with Gasteiger partial charge in [0.25, 0.3) is 0 Å². The summed E-state index contributed by atoms with van der Waals surface area (Å²) in [5.41, 5.74) is 0. The van der Waals surface area contributed by atoms with E-state index >= 15 is 0 Å². The zero-order valence-corrected chi connectivity index (χ0v) is 16.5. The van der Waals surface area contributed by atoms with Gasteiger partial charge in [0.15, 0.2) is 0 Å². The Bertz CT molecular complexity index is 472. The number of amides is 2. The molecular formula is C18H30N2O8. The van der Waals surface area contributed by atoms with Gasteiger partial charge < -0.3 is 29.6 Å². The first kappa shape index (κ1) is 23.5. The second-order valence-corrected chi connectivity index (χ2v) is 6.23. The van der Waals surface area contributed by atoms with Gasteiger partial charge in [0.05, 0.1) is 13.2 Å². The van der Waals surface area contributed by atoms with Gasteiger partial charge >= 0.3 is 24.1 Å². The van der Waals surface area contributed by atoms with Crippen LogP contribution in [0.1, 0.15) is 52.4 Å². The van der Waals surface area contributed by atoms with Crippen LogP contribution in [-0.2, 0) is 28.5 Å². The minimum Gasteiger partial charge on any atom is -0.465 e. The molecule has 1 rings (SSSR count). The Labute approximate surface area is 164 Å². The van der Waals surface area contributed by atoms with Gasteiger partial charge in [-0.3, -0.25) is 9.59 Å². The van der Waals surface area contributed by atoms with Crippen molar-refractivity contribution in [1.29, 1.82) is 0 Å². The number of nitrogens with one attached hydrogen (secondary N) is 2. The molecule has 2 N–H and O–H groups in total. The van der Waals surface area contributed by atoms with Gasteiger partial charge in [-0.15, -0.1) is 0 Å². The topological polar surface area (TPSA) is 129 Å². The highest BCUT2D eigenvalue weighted by Crippen LogP contribution is 2.22. The maximum Gasteiger partial charge on any atom is 0.407 e. The molecule has 0 atom stereocenters. The van der Waals surface area contributed by atoms with Crippen LogP contribution in [0.5, 0.6) is 0 Å². The molecule has 0 aromatic carbocycles. The first-order valence-electron chi connectivity index (χ1n) is 9.64. The first-order valence-corrected chi connectivity index (χ1v) is 9.64. The fourth-order valence-corrected chi connectivity index (χ4v) is 2.77. The SMILES string of the molecule is CCOC(=O)CNC(=O)O[C@H]1CCC[C@@H](OC(=O)NCC(=O)OCC)CCC1. The summed E-state index contributed by atoms with van der Waals surface area (Å²) in [6.07, 6.45) is 2.18. The van der Waals surface area contributed by atoms with E-state index < -0.39 is 24.1 Å². The average molecular weight is 402 g/mol. The molecule has 0 aromatic heterocycles. The van der Waals surface area contributed by atoms with Crippen LogP contribution < -0.4 is 10.6 Å². The van der Waals surface area contributed by atoms with E-state index in [4.69, 9.17) is 18.9 Å². The maximum atomic E-state index is 11.7. The molecule has 0 heterocycles. The molecule has 0 aliphatic heterocycles. The van der Waals surface area contributed by atoms with E-state index in [-0.39, 0.29) is 38.5 Å². The molecule has 1 fully saturated rings. The third kappa shape index (κ3) is 10.6. The molecule has 0 bridgehead atoms. The van der Waals surface area contributed by atoms with Crippen molar-refractivity contribution >= 4 is 24.1 Å². The summed E-state index contributed by atoms with van der Waals surface area (Å²) in [6, 6.07) is 0. The van der Waals surface area contributed by atoms with Gasteiger partial charge in [-0.25, -0.2) is 9.59 Å². The second kappa shape index (κ2) is 13.6. The summed E-state index contributed by atoms with van der Waals surface area (Å²) in [7, 11) is 0. The van der Waals surface area contributed by atoms with Crippen LogP contribution in [0.4, 0.5) is 9.59 Å². The van der Waals surface area contributed by atoms with Crippen molar-refractivity contribution in [2.24, 2.45) is 0 Å². The van der Waals surface area contributed by atoms with Crippen molar-refractivity contribution in [3.63, 3.8) is 0 Å². The van der Waals surface area contributed by atoms with Gasteiger partial charge in [0, 0.05) is 0 Å². The van der Waals surface area contributed by atoms with Crippen LogP contribution in [0.3, 0.4) is 0 Å². The zero-order chi connectivity index (χ0) is 20.8. The summed E-state index contributed by atoms with van der Waals surface area (Å²) < 4.78 is 20.1. The van der Waals surface area contributed by atoms with E-state index in [0.29, 0.717) is 38.5 Å². The Morgan fingerprint density at radius 2 is 1.07 bits per heavy atom. The van der Waals surface area contributed by atoms with Crippen LogP contribution >= 0.6 is 0 Å². The quantitative estimate of drug-likeness (QED) is 0.463. The maximum absolute atomic E-state index is 11.7. The fourth-order valence-electron chi connectivity index (χ4n) is 2.77. The number of hydrogen-bond donors (Lipinski definition) is 2. The molecule has 10 nitrogen and oxygen atoms in total. The molecule has 2 amide bonds. The number of carbonyl (C=O) groups excluding carboxylic acids is 4. The summed E-state index contributed by atoms with van der Waals surface area (Å²) in [5, 5.41) is 4.73. The van der Waals surface area contributed by atoms with E-state index in [9.17, 15) is 19.2 Å². The smallest absolute Gasteiger partial charge is 0.407 e. The van der Waals surface area contributed by atoms with Crippen LogP contribution in [0.25, 0.3) is 0 Å². The number of hydrogen-bond acceptors (Lipinski definition) is 8. The molecule has 1 saturated carbocycles. The lowest BCUT2D eigenvalue weighted by atomic mass is 9.96. The van der Waals surface area contributed by atoms with E-state index in [0.717, 1.165) is 0 Å². The van der Waals surface area contributed by atoms with Gasteiger partial charge in [-0.1, -0.05) is 0 Å². The van der Waals surface area contributed by atoms with E-state index in [1.807, 2.05) is 0 Å². The number of esters is 2. The molecule has 1 aliphatic rings. The molecule has 0 saturated heterocycles. The lowest BCUT2D eigenvalue weighted by Crippen LogP contribution is -2.35. The highest BCUT2D eigenvalue weighted by molar-refractivity contribution is 5.78. The molecule has 28 heavy (non-hydrogen) atoms. The van der Waals surface area contributed by atoms with Crippen molar-refractivity contribution in [3.05, 3.63) is 0 Å². The molecule has 10 heteroatoms. The normalized spacial score (nSPS) is 19.4. The van der Waals surface area contributed by atoms with Crippen molar-refractivity contribution in [3.8, 4) is 0 Å². The summed E-state index contributed by atoms with van der Waals surface area (Å²) in [4.78, 5) is 45.9. The predicted octanol–water partition coefficient (Wildman–Crippen LogP) is 1.66. The van der Waals surface area contributed by atoms with E-state index in [1.165, 1.54) is 0 Å². The van der Waals surface area contributed by atoms with Crippen LogP contribution in [0.15, 0.2) is 0 Å². The molecule has 160 valence electrons. The van der Waals surface area contributed by atoms with Crippen LogP contribution in [0, 0.1) is 0 Å². The molecule has 1 aliphatic carbocycles. The molecule has 0 spiro atoms. The van der Waals surface area contributed by atoms with Gasteiger partial charge in [0.2, 0.25) is 0 Å². The minimum atomic E-state index is -0.648. The lowest BCUT2D eigenvalue weighted by Gasteiger charge is -2.24. The average Bonchev–Trinajstić information content (AvgIpc) is 2.63. The van der Waals surface area contributed by atoms with E-state index in [1.54, 1.807) is 13.8 Å². The van der Waals surface area contributed by atoms with Gasteiger partial charge in [-0.2, -0.15) is 0 Å².